The molecule has 2 nitrogen and oxygen atoms in total. The van der Waals surface area contributed by atoms with E-state index in [1.165, 1.54) is 5.56 Å². The first-order valence-electron chi connectivity index (χ1n) is 5.90. The fourth-order valence-corrected chi connectivity index (χ4v) is 2.11. The quantitative estimate of drug-likeness (QED) is 0.696. The fraction of sp³-hybridized carbons (Fsp3) is 0.429. The van der Waals surface area contributed by atoms with Gasteiger partial charge in [-0.3, -0.25) is 0 Å². The van der Waals surface area contributed by atoms with Gasteiger partial charge in [0.2, 0.25) is 0 Å². The van der Waals surface area contributed by atoms with Crippen LogP contribution >= 0.6 is 31.9 Å². The van der Waals surface area contributed by atoms with Crippen molar-refractivity contribution in [2.75, 3.05) is 13.7 Å². The minimum atomic E-state index is 0.531. The van der Waals surface area contributed by atoms with E-state index in [1.807, 2.05) is 19.1 Å². The second-order valence-electron chi connectivity index (χ2n) is 3.99. The van der Waals surface area contributed by atoms with Crippen molar-refractivity contribution < 1.29 is 9.47 Å². The summed E-state index contributed by atoms with van der Waals surface area (Å²) < 4.78 is 12.0. The third-order valence-electron chi connectivity index (χ3n) is 2.54. The van der Waals surface area contributed by atoms with Crippen LogP contribution in [-0.2, 0) is 6.42 Å². The van der Waals surface area contributed by atoms with Gasteiger partial charge < -0.3 is 9.47 Å². The summed E-state index contributed by atoms with van der Waals surface area (Å²) in [5, 5.41) is 0. The molecule has 18 heavy (non-hydrogen) atoms. The van der Waals surface area contributed by atoms with Gasteiger partial charge in [0.1, 0.15) is 18.1 Å². The van der Waals surface area contributed by atoms with Gasteiger partial charge in [-0.15, -0.1) is 0 Å². The van der Waals surface area contributed by atoms with Crippen LogP contribution in [0.2, 0.25) is 0 Å². The summed E-state index contributed by atoms with van der Waals surface area (Å²) in [7, 11) is 1.71. The van der Waals surface area contributed by atoms with Crippen molar-refractivity contribution in [1.29, 1.82) is 0 Å². The van der Waals surface area contributed by atoms with Crippen molar-refractivity contribution in [3.63, 3.8) is 0 Å². The lowest BCUT2D eigenvalue weighted by atomic mass is 10.0. The molecule has 0 saturated carbocycles. The molecule has 0 atom stereocenters. The Hall–Kier alpha value is -0.480. The van der Waals surface area contributed by atoms with Gasteiger partial charge >= 0.3 is 0 Å². The maximum Gasteiger partial charge on any atom is 0.125 e. The summed E-state index contributed by atoms with van der Waals surface area (Å²) in [4.78, 5) is 0. The summed E-state index contributed by atoms with van der Waals surface area (Å²) in [6.07, 6.45) is 4.00. The Kier molecular flexibility index (Phi) is 6.79. The predicted molar refractivity (Wildman–Crippen MR) is 83.2 cm³/mol. The average Bonchev–Trinajstić information content (AvgIpc) is 2.28. The molecule has 0 aliphatic rings. The Morgan fingerprint density at radius 3 is 2.61 bits per heavy atom. The molecule has 1 aromatic rings. The van der Waals surface area contributed by atoms with E-state index in [0.29, 0.717) is 6.61 Å². The van der Waals surface area contributed by atoms with Gasteiger partial charge in [0.25, 0.3) is 0 Å². The van der Waals surface area contributed by atoms with Crippen molar-refractivity contribution in [1.82, 2.24) is 0 Å². The molecular formula is C14H18Br2O2. The van der Waals surface area contributed by atoms with Crippen molar-refractivity contribution in [2.24, 2.45) is 0 Å². The molecule has 0 amide bonds. The zero-order chi connectivity index (χ0) is 13.5. The molecule has 0 aliphatic carbocycles. The average molecular weight is 378 g/mol. The van der Waals surface area contributed by atoms with E-state index >= 15 is 0 Å². The second kappa shape index (κ2) is 7.85. The predicted octanol–water partition coefficient (Wildman–Crippen LogP) is 4.97. The van der Waals surface area contributed by atoms with E-state index in [4.69, 9.17) is 9.47 Å². The lowest BCUT2D eigenvalue weighted by Crippen LogP contribution is -1.99. The number of benzene rings is 1. The van der Waals surface area contributed by atoms with E-state index in [0.717, 1.165) is 33.3 Å². The SMILES string of the molecule is CCCc1cc(OCC=C(Br)Br)cc(C)c1OC. The maximum absolute atomic E-state index is 5.69. The van der Waals surface area contributed by atoms with Gasteiger partial charge in [0.05, 0.1) is 10.5 Å². The number of hydrogen-bond acceptors (Lipinski definition) is 2. The lowest BCUT2D eigenvalue weighted by molar-refractivity contribution is 0.359. The number of aryl methyl sites for hydroxylation is 2. The van der Waals surface area contributed by atoms with Crippen molar-refractivity contribution in [2.45, 2.75) is 26.7 Å². The molecule has 4 heteroatoms. The highest BCUT2D eigenvalue weighted by Gasteiger charge is 2.08. The van der Waals surface area contributed by atoms with Gasteiger partial charge in [-0.25, -0.2) is 0 Å². The third kappa shape index (κ3) is 4.65. The zero-order valence-corrected chi connectivity index (χ0v) is 14.1. The van der Waals surface area contributed by atoms with Crippen LogP contribution in [0, 0.1) is 6.92 Å². The first-order chi connectivity index (χ1) is 8.58. The minimum Gasteiger partial charge on any atom is -0.496 e. The van der Waals surface area contributed by atoms with Gasteiger partial charge in [0, 0.05) is 0 Å². The van der Waals surface area contributed by atoms with Crippen molar-refractivity contribution in [3.05, 3.63) is 32.7 Å². The van der Waals surface area contributed by atoms with Crippen LogP contribution in [0.4, 0.5) is 0 Å². The first-order valence-corrected chi connectivity index (χ1v) is 7.48. The fourth-order valence-electron chi connectivity index (χ4n) is 1.84. The Bertz CT molecular complexity index is 424. The smallest absolute Gasteiger partial charge is 0.125 e. The highest BCUT2D eigenvalue weighted by molar-refractivity contribution is 9.28. The molecule has 0 radical (unpaired) electrons. The molecule has 0 heterocycles. The third-order valence-corrected chi connectivity index (χ3v) is 3.18. The number of ether oxygens (including phenoxy) is 2. The van der Waals surface area contributed by atoms with Crippen LogP contribution in [0.3, 0.4) is 0 Å². The standard InChI is InChI=1S/C14H18Br2O2/c1-4-5-11-9-12(18-7-6-13(15)16)8-10(2)14(11)17-3/h6,8-9H,4-5,7H2,1-3H3. The number of halogens is 2. The molecular weight excluding hydrogens is 360 g/mol. The molecule has 0 saturated heterocycles. The molecule has 0 aromatic heterocycles. The highest BCUT2D eigenvalue weighted by Crippen LogP contribution is 2.30. The van der Waals surface area contributed by atoms with Crippen LogP contribution < -0.4 is 9.47 Å². The minimum absolute atomic E-state index is 0.531. The van der Waals surface area contributed by atoms with Crippen molar-refractivity contribution in [3.8, 4) is 11.5 Å². The topological polar surface area (TPSA) is 18.5 Å². The number of hydrogen-bond donors (Lipinski definition) is 0. The molecule has 0 bridgehead atoms. The molecule has 100 valence electrons. The molecule has 1 rings (SSSR count). The Morgan fingerprint density at radius 2 is 2.06 bits per heavy atom. The Morgan fingerprint density at radius 1 is 1.33 bits per heavy atom. The van der Waals surface area contributed by atoms with E-state index in [9.17, 15) is 0 Å². The normalized spacial score (nSPS) is 10.1. The summed E-state index contributed by atoms with van der Waals surface area (Å²) in [5.41, 5.74) is 2.32. The summed E-state index contributed by atoms with van der Waals surface area (Å²) >= 11 is 6.60. The van der Waals surface area contributed by atoms with Gasteiger partial charge in [-0.05, 0) is 74.5 Å². The molecule has 0 spiro atoms. The Labute approximate surface area is 126 Å². The van der Waals surface area contributed by atoms with Crippen LogP contribution in [0.25, 0.3) is 0 Å². The van der Waals surface area contributed by atoms with Crippen LogP contribution in [0.5, 0.6) is 11.5 Å². The summed E-state index contributed by atoms with van der Waals surface area (Å²) in [6.45, 7) is 4.73. The van der Waals surface area contributed by atoms with E-state index in [-0.39, 0.29) is 0 Å². The number of methoxy groups -OCH3 is 1. The van der Waals surface area contributed by atoms with Crippen molar-refractivity contribution >= 4 is 31.9 Å². The monoisotopic (exact) mass is 376 g/mol. The van der Waals surface area contributed by atoms with Crippen LogP contribution in [0.15, 0.2) is 21.6 Å². The second-order valence-corrected chi connectivity index (χ2v) is 6.76. The highest BCUT2D eigenvalue weighted by atomic mass is 79.9. The van der Waals surface area contributed by atoms with E-state index in [2.05, 4.69) is 44.8 Å². The molecule has 0 fully saturated rings. The molecule has 0 unspecified atom stereocenters. The zero-order valence-electron chi connectivity index (χ0n) is 10.9. The largest absolute Gasteiger partial charge is 0.496 e. The van der Waals surface area contributed by atoms with Crippen LogP contribution in [-0.4, -0.2) is 13.7 Å². The number of rotatable bonds is 6. The van der Waals surface area contributed by atoms with Crippen LogP contribution in [0.1, 0.15) is 24.5 Å². The lowest BCUT2D eigenvalue weighted by Gasteiger charge is -2.13. The maximum atomic E-state index is 5.69. The molecule has 0 N–H and O–H groups in total. The van der Waals surface area contributed by atoms with Gasteiger partial charge in [-0.1, -0.05) is 13.3 Å². The molecule has 0 aliphatic heterocycles. The van der Waals surface area contributed by atoms with E-state index < -0.39 is 0 Å². The van der Waals surface area contributed by atoms with Gasteiger partial charge in [0.15, 0.2) is 0 Å². The Balaban J connectivity index is 2.90. The van der Waals surface area contributed by atoms with E-state index in [1.54, 1.807) is 7.11 Å². The molecule has 1 aromatic carbocycles. The summed E-state index contributed by atoms with van der Waals surface area (Å²) in [6, 6.07) is 4.07. The summed E-state index contributed by atoms with van der Waals surface area (Å²) in [5.74, 6) is 1.86. The van der Waals surface area contributed by atoms with Gasteiger partial charge in [-0.2, -0.15) is 0 Å². The first kappa shape index (κ1) is 15.6.